The summed E-state index contributed by atoms with van der Waals surface area (Å²) in [6.45, 7) is 8.91. The third-order valence-corrected chi connectivity index (χ3v) is 4.24. The van der Waals surface area contributed by atoms with E-state index in [2.05, 4.69) is 81.5 Å². The Morgan fingerprint density at radius 1 is 1.23 bits per heavy atom. The second-order valence-corrected chi connectivity index (χ2v) is 6.52. The van der Waals surface area contributed by atoms with Crippen LogP contribution in [0.2, 0.25) is 0 Å². The average molecular weight is 357 g/mol. The fraction of sp³-hybridized carbons (Fsp3) is 0.550. The molecule has 142 valence electrons. The van der Waals surface area contributed by atoms with Crippen molar-refractivity contribution in [3.8, 4) is 0 Å². The molecule has 2 rings (SSSR count). The first-order chi connectivity index (χ1) is 12.7. The maximum atomic E-state index is 4.65. The molecule has 0 fully saturated rings. The molecule has 0 saturated heterocycles. The maximum absolute atomic E-state index is 4.65. The largest absolute Gasteiger partial charge is 0.355 e. The molecule has 26 heavy (non-hydrogen) atoms. The predicted molar refractivity (Wildman–Crippen MR) is 107 cm³/mol. The van der Waals surface area contributed by atoms with E-state index >= 15 is 0 Å². The Morgan fingerprint density at radius 2 is 2.04 bits per heavy atom. The lowest BCUT2D eigenvalue weighted by molar-refractivity contribution is 0.580. The molecule has 2 aromatic rings. The summed E-state index contributed by atoms with van der Waals surface area (Å²) in [6.07, 6.45) is 5.86. The van der Waals surface area contributed by atoms with Crippen LogP contribution in [0.5, 0.6) is 0 Å². The molecule has 1 heterocycles. The summed E-state index contributed by atoms with van der Waals surface area (Å²) in [5, 5.41) is 15.1. The van der Waals surface area contributed by atoms with E-state index in [1.54, 1.807) is 6.33 Å². The quantitative estimate of drug-likeness (QED) is 0.507. The summed E-state index contributed by atoms with van der Waals surface area (Å²) < 4.78 is 2.09. The van der Waals surface area contributed by atoms with Crippen molar-refractivity contribution >= 4 is 5.96 Å². The van der Waals surface area contributed by atoms with Gasteiger partial charge < -0.3 is 15.2 Å². The molecule has 6 nitrogen and oxygen atoms in total. The number of aliphatic imine (C=N–C) groups is 1. The Bertz CT molecular complexity index is 649. The average Bonchev–Trinajstić information content (AvgIpc) is 3.12. The van der Waals surface area contributed by atoms with Crippen LogP contribution in [0.1, 0.15) is 45.0 Å². The van der Waals surface area contributed by atoms with Crippen molar-refractivity contribution in [2.75, 3.05) is 13.1 Å². The molecule has 0 saturated carbocycles. The number of nitrogens with one attached hydrogen (secondary N) is 2. The molecular weight excluding hydrogens is 324 g/mol. The second-order valence-electron chi connectivity index (χ2n) is 6.52. The molecule has 0 radical (unpaired) electrons. The van der Waals surface area contributed by atoms with Crippen molar-refractivity contribution in [1.29, 1.82) is 0 Å². The van der Waals surface area contributed by atoms with E-state index in [1.165, 1.54) is 5.56 Å². The highest BCUT2D eigenvalue weighted by atomic mass is 15.3. The number of benzene rings is 1. The van der Waals surface area contributed by atoms with Gasteiger partial charge in [-0.2, -0.15) is 0 Å². The topological polar surface area (TPSA) is 67.1 Å². The molecule has 1 atom stereocenters. The number of hydrogen-bond acceptors (Lipinski definition) is 3. The van der Waals surface area contributed by atoms with Gasteiger partial charge in [0.1, 0.15) is 12.2 Å². The standard InChI is InChI=1S/C20H32N6/c1-4-13-21-20(22-14-15-26-16-23-25-19(26)5-2)24-17(3)11-12-18-9-7-6-8-10-18/h6-10,16-17H,4-5,11-15H2,1-3H3,(H2,21,22,24). The molecule has 0 aliphatic carbocycles. The third-order valence-electron chi connectivity index (χ3n) is 4.24. The summed E-state index contributed by atoms with van der Waals surface area (Å²) >= 11 is 0. The predicted octanol–water partition coefficient (Wildman–Crippen LogP) is 2.81. The number of nitrogens with zero attached hydrogens (tertiary/aromatic N) is 4. The van der Waals surface area contributed by atoms with Crippen LogP contribution in [-0.2, 0) is 19.4 Å². The normalized spacial score (nSPS) is 12.8. The molecule has 0 aliphatic heterocycles. The van der Waals surface area contributed by atoms with Crippen molar-refractivity contribution in [3.63, 3.8) is 0 Å². The van der Waals surface area contributed by atoms with E-state index in [4.69, 9.17) is 0 Å². The van der Waals surface area contributed by atoms with Crippen LogP contribution in [0.4, 0.5) is 0 Å². The van der Waals surface area contributed by atoms with Crippen LogP contribution in [-0.4, -0.2) is 39.9 Å². The maximum Gasteiger partial charge on any atom is 0.191 e. The Hall–Kier alpha value is -2.37. The summed E-state index contributed by atoms with van der Waals surface area (Å²) in [5.74, 6) is 1.90. The van der Waals surface area contributed by atoms with Crippen LogP contribution in [0.25, 0.3) is 0 Å². The van der Waals surface area contributed by atoms with Gasteiger partial charge in [-0.1, -0.05) is 44.2 Å². The van der Waals surface area contributed by atoms with Gasteiger partial charge in [-0.15, -0.1) is 10.2 Å². The van der Waals surface area contributed by atoms with Crippen molar-refractivity contribution in [1.82, 2.24) is 25.4 Å². The zero-order valence-corrected chi connectivity index (χ0v) is 16.3. The summed E-state index contributed by atoms with van der Waals surface area (Å²) in [7, 11) is 0. The van der Waals surface area contributed by atoms with Gasteiger partial charge in [-0.3, -0.25) is 4.99 Å². The van der Waals surface area contributed by atoms with E-state index in [1.807, 2.05) is 0 Å². The van der Waals surface area contributed by atoms with Gasteiger partial charge in [0.2, 0.25) is 0 Å². The van der Waals surface area contributed by atoms with Crippen LogP contribution < -0.4 is 10.6 Å². The third kappa shape index (κ3) is 6.86. The van der Waals surface area contributed by atoms with Crippen LogP contribution in [0.15, 0.2) is 41.7 Å². The van der Waals surface area contributed by atoms with Crippen molar-refractivity contribution in [2.45, 2.75) is 59.0 Å². The first kappa shape index (κ1) is 19.9. The van der Waals surface area contributed by atoms with Crippen molar-refractivity contribution in [3.05, 3.63) is 48.0 Å². The van der Waals surface area contributed by atoms with E-state index in [-0.39, 0.29) is 0 Å². The summed E-state index contributed by atoms with van der Waals surface area (Å²) in [5.41, 5.74) is 1.38. The van der Waals surface area contributed by atoms with Gasteiger partial charge in [0.25, 0.3) is 0 Å². The summed E-state index contributed by atoms with van der Waals surface area (Å²) in [6, 6.07) is 11.0. The first-order valence-electron chi connectivity index (χ1n) is 9.68. The fourth-order valence-electron chi connectivity index (χ4n) is 2.74. The van der Waals surface area contributed by atoms with Gasteiger partial charge >= 0.3 is 0 Å². The molecule has 1 aromatic carbocycles. The Labute approximate surface area is 157 Å². The number of aryl methyl sites for hydroxylation is 2. The molecular formula is C20H32N6. The minimum absolute atomic E-state index is 0.361. The molecule has 0 bridgehead atoms. The van der Waals surface area contributed by atoms with Gasteiger partial charge in [0.15, 0.2) is 5.96 Å². The van der Waals surface area contributed by atoms with E-state index in [0.29, 0.717) is 6.04 Å². The molecule has 1 unspecified atom stereocenters. The fourth-order valence-corrected chi connectivity index (χ4v) is 2.74. The lowest BCUT2D eigenvalue weighted by Crippen LogP contribution is -2.43. The second kappa shape index (κ2) is 11.3. The van der Waals surface area contributed by atoms with Gasteiger partial charge in [-0.25, -0.2) is 0 Å². The van der Waals surface area contributed by atoms with Gasteiger partial charge in [0, 0.05) is 32.1 Å². The van der Waals surface area contributed by atoms with Crippen LogP contribution in [0.3, 0.4) is 0 Å². The zero-order chi connectivity index (χ0) is 18.6. The monoisotopic (exact) mass is 356 g/mol. The number of rotatable bonds is 10. The van der Waals surface area contributed by atoms with Crippen molar-refractivity contribution < 1.29 is 0 Å². The van der Waals surface area contributed by atoms with Gasteiger partial charge in [-0.05, 0) is 31.7 Å². The first-order valence-corrected chi connectivity index (χ1v) is 9.68. The number of aromatic nitrogens is 3. The molecule has 1 aromatic heterocycles. The summed E-state index contributed by atoms with van der Waals surface area (Å²) in [4.78, 5) is 4.65. The van der Waals surface area contributed by atoms with E-state index < -0.39 is 0 Å². The molecule has 0 aliphatic rings. The Balaban J connectivity index is 1.80. The molecule has 6 heteroatoms. The minimum Gasteiger partial charge on any atom is -0.355 e. The Kier molecular flexibility index (Phi) is 8.66. The SMILES string of the molecule is CCCN=C(NCCn1cnnc1CC)NC(C)CCc1ccccc1. The highest BCUT2D eigenvalue weighted by Gasteiger charge is 2.07. The van der Waals surface area contributed by atoms with E-state index in [0.717, 1.165) is 57.1 Å². The van der Waals surface area contributed by atoms with Crippen LogP contribution in [0, 0.1) is 0 Å². The van der Waals surface area contributed by atoms with Gasteiger partial charge in [0.05, 0.1) is 0 Å². The molecule has 2 N–H and O–H groups in total. The lowest BCUT2D eigenvalue weighted by Gasteiger charge is -2.19. The van der Waals surface area contributed by atoms with Crippen molar-refractivity contribution in [2.24, 2.45) is 4.99 Å². The Morgan fingerprint density at radius 3 is 2.77 bits per heavy atom. The molecule has 0 amide bonds. The van der Waals surface area contributed by atoms with E-state index in [9.17, 15) is 0 Å². The smallest absolute Gasteiger partial charge is 0.191 e. The zero-order valence-electron chi connectivity index (χ0n) is 16.3. The lowest BCUT2D eigenvalue weighted by atomic mass is 10.1. The number of guanidine groups is 1. The minimum atomic E-state index is 0.361. The van der Waals surface area contributed by atoms with Crippen LogP contribution >= 0.6 is 0 Å². The highest BCUT2D eigenvalue weighted by Crippen LogP contribution is 2.04. The molecule has 0 spiro atoms. The number of hydrogen-bond donors (Lipinski definition) is 2. The highest BCUT2D eigenvalue weighted by molar-refractivity contribution is 5.80.